The molecule has 2 aromatic rings. The van der Waals surface area contributed by atoms with Gasteiger partial charge in [0.15, 0.2) is 11.5 Å². The Morgan fingerprint density at radius 3 is 2.79 bits per heavy atom. The number of thiophene rings is 1. The number of fused-ring (bicyclic) bond motifs is 2. The Kier molecular flexibility index (Phi) is 4.47. The summed E-state index contributed by atoms with van der Waals surface area (Å²) in [5.41, 5.74) is 1.87. The number of nitrogens with zero attached hydrogens (tertiary/aromatic N) is 1. The molecule has 7 heteroatoms. The topological polar surface area (TPSA) is 67.9 Å². The minimum absolute atomic E-state index is 0.0168. The molecule has 5 rings (SSSR count). The third kappa shape index (κ3) is 3.24. The molecule has 1 aromatic heterocycles. The summed E-state index contributed by atoms with van der Waals surface area (Å²) in [5.74, 6) is 1.45. The lowest BCUT2D eigenvalue weighted by Crippen LogP contribution is -2.27. The summed E-state index contributed by atoms with van der Waals surface area (Å²) in [6.07, 6.45) is 4.54. The van der Waals surface area contributed by atoms with Gasteiger partial charge in [-0.25, -0.2) is 0 Å². The fourth-order valence-corrected chi connectivity index (χ4v) is 5.32. The predicted molar refractivity (Wildman–Crippen MR) is 106 cm³/mol. The fourth-order valence-electron chi connectivity index (χ4n) is 4.15. The van der Waals surface area contributed by atoms with Crippen molar-refractivity contribution in [3.8, 4) is 11.5 Å². The van der Waals surface area contributed by atoms with Crippen LogP contribution in [0.25, 0.3) is 0 Å². The third-order valence-corrected chi connectivity index (χ3v) is 6.92. The van der Waals surface area contributed by atoms with E-state index in [9.17, 15) is 9.59 Å². The average molecular weight is 398 g/mol. The molecule has 0 saturated carbocycles. The second kappa shape index (κ2) is 7.13. The molecular formula is C21H22N2O4S. The average Bonchev–Trinajstić information content (AvgIpc) is 3.46. The molecular weight excluding hydrogens is 376 g/mol. The van der Waals surface area contributed by atoms with E-state index >= 15 is 0 Å². The van der Waals surface area contributed by atoms with Gasteiger partial charge in [0.2, 0.25) is 12.7 Å². The summed E-state index contributed by atoms with van der Waals surface area (Å²) < 4.78 is 10.7. The SMILES string of the molecule is O=C(Nc1ccc2c(c1)OCO2)C1CCc2sc(C(=O)N3CCCC3)cc2C1. The maximum Gasteiger partial charge on any atom is 0.263 e. The Morgan fingerprint density at radius 2 is 1.93 bits per heavy atom. The smallest absolute Gasteiger partial charge is 0.263 e. The molecule has 0 spiro atoms. The van der Waals surface area contributed by atoms with E-state index in [-0.39, 0.29) is 24.5 Å². The van der Waals surface area contributed by atoms with Crippen LogP contribution in [0, 0.1) is 5.92 Å². The number of nitrogens with one attached hydrogen (secondary N) is 1. The van der Waals surface area contributed by atoms with Gasteiger partial charge in [-0.3, -0.25) is 9.59 Å². The number of carbonyl (C=O) groups excluding carboxylic acids is 2. The van der Waals surface area contributed by atoms with Crippen LogP contribution in [0.2, 0.25) is 0 Å². The minimum atomic E-state index is -0.0812. The van der Waals surface area contributed by atoms with Crippen LogP contribution in [0.4, 0.5) is 5.69 Å². The number of ether oxygens (including phenoxy) is 2. The molecule has 3 heterocycles. The highest BCUT2D eigenvalue weighted by Crippen LogP contribution is 2.36. The largest absolute Gasteiger partial charge is 0.454 e. The van der Waals surface area contributed by atoms with E-state index in [0.29, 0.717) is 17.9 Å². The molecule has 1 saturated heterocycles. The zero-order chi connectivity index (χ0) is 19.1. The molecule has 28 heavy (non-hydrogen) atoms. The van der Waals surface area contributed by atoms with E-state index in [1.807, 2.05) is 23.1 Å². The van der Waals surface area contributed by atoms with Gasteiger partial charge >= 0.3 is 0 Å². The van der Waals surface area contributed by atoms with Crippen LogP contribution in [0.1, 0.15) is 39.4 Å². The number of benzene rings is 1. The maximum absolute atomic E-state index is 12.8. The van der Waals surface area contributed by atoms with Crippen LogP contribution >= 0.6 is 11.3 Å². The summed E-state index contributed by atoms with van der Waals surface area (Å²) in [4.78, 5) is 29.4. The molecule has 0 radical (unpaired) electrons. The fraction of sp³-hybridized carbons (Fsp3) is 0.429. The molecule has 0 bridgehead atoms. The van der Waals surface area contributed by atoms with Gasteiger partial charge in [0, 0.05) is 35.6 Å². The molecule has 6 nitrogen and oxygen atoms in total. The van der Waals surface area contributed by atoms with E-state index in [2.05, 4.69) is 5.32 Å². The Labute approximate surface area is 167 Å². The molecule has 1 fully saturated rings. The van der Waals surface area contributed by atoms with Gasteiger partial charge in [-0.05, 0) is 55.9 Å². The predicted octanol–water partition coefficient (Wildman–Crippen LogP) is 3.46. The van der Waals surface area contributed by atoms with Crippen LogP contribution in [0.5, 0.6) is 11.5 Å². The summed E-state index contributed by atoms with van der Waals surface area (Å²) in [6.45, 7) is 1.94. The number of rotatable bonds is 3. The number of likely N-dealkylation sites (tertiary alicyclic amines) is 1. The summed E-state index contributed by atoms with van der Waals surface area (Å²) in [6, 6.07) is 7.45. The number of aryl methyl sites for hydroxylation is 1. The Hall–Kier alpha value is -2.54. The summed E-state index contributed by atoms with van der Waals surface area (Å²) >= 11 is 1.61. The molecule has 2 aliphatic heterocycles. The van der Waals surface area contributed by atoms with Gasteiger partial charge < -0.3 is 19.7 Å². The second-order valence-electron chi connectivity index (χ2n) is 7.56. The second-order valence-corrected chi connectivity index (χ2v) is 8.69. The highest BCUT2D eigenvalue weighted by molar-refractivity contribution is 7.14. The number of amides is 2. The van der Waals surface area contributed by atoms with E-state index in [1.54, 1.807) is 17.4 Å². The van der Waals surface area contributed by atoms with Gasteiger partial charge in [-0.1, -0.05) is 0 Å². The monoisotopic (exact) mass is 398 g/mol. The van der Waals surface area contributed by atoms with Crippen LogP contribution in [0.15, 0.2) is 24.3 Å². The first-order valence-corrected chi connectivity index (χ1v) is 10.6. The first-order chi connectivity index (χ1) is 13.7. The highest BCUT2D eigenvalue weighted by atomic mass is 32.1. The van der Waals surface area contributed by atoms with Crippen molar-refractivity contribution in [3.05, 3.63) is 39.6 Å². The minimum Gasteiger partial charge on any atom is -0.454 e. The quantitative estimate of drug-likeness (QED) is 0.860. The standard InChI is InChI=1S/C21H22N2O4S/c24-20(22-15-4-5-16-17(11-15)27-12-26-16)13-3-6-18-14(9-13)10-19(28-18)21(25)23-7-1-2-8-23/h4-5,10-11,13H,1-3,6-9,12H2,(H,22,24). The normalized spacial score (nSPS) is 20.1. The van der Waals surface area contributed by atoms with E-state index < -0.39 is 0 Å². The van der Waals surface area contributed by atoms with E-state index in [4.69, 9.17) is 9.47 Å². The first-order valence-electron chi connectivity index (χ1n) is 9.79. The Morgan fingerprint density at radius 1 is 1.11 bits per heavy atom. The van der Waals surface area contributed by atoms with Crippen LogP contribution in [0.3, 0.4) is 0 Å². The Bertz CT molecular complexity index is 932. The van der Waals surface area contributed by atoms with Crippen LogP contribution in [-0.4, -0.2) is 36.6 Å². The van der Waals surface area contributed by atoms with Crippen molar-refractivity contribution in [2.45, 2.75) is 32.1 Å². The molecule has 2 amide bonds. The number of anilines is 1. The van der Waals surface area contributed by atoms with Crippen molar-refractivity contribution in [1.82, 2.24) is 4.90 Å². The molecule has 146 valence electrons. The van der Waals surface area contributed by atoms with Gasteiger partial charge in [0.1, 0.15) is 0 Å². The van der Waals surface area contributed by atoms with Gasteiger partial charge in [-0.15, -0.1) is 11.3 Å². The van der Waals surface area contributed by atoms with Crippen molar-refractivity contribution in [2.75, 3.05) is 25.2 Å². The molecule has 1 unspecified atom stereocenters. The molecule has 1 atom stereocenters. The zero-order valence-corrected chi connectivity index (χ0v) is 16.3. The van der Waals surface area contributed by atoms with Gasteiger partial charge in [0.25, 0.3) is 5.91 Å². The molecule has 1 aromatic carbocycles. The summed E-state index contributed by atoms with van der Waals surface area (Å²) in [7, 11) is 0. The number of hydrogen-bond donors (Lipinski definition) is 1. The van der Waals surface area contributed by atoms with Crippen molar-refractivity contribution < 1.29 is 19.1 Å². The van der Waals surface area contributed by atoms with E-state index in [0.717, 1.165) is 54.9 Å². The lowest BCUT2D eigenvalue weighted by molar-refractivity contribution is -0.120. The number of hydrogen-bond acceptors (Lipinski definition) is 5. The number of carbonyl (C=O) groups is 2. The summed E-state index contributed by atoms with van der Waals surface area (Å²) in [5, 5.41) is 3.00. The van der Waals surface area contributed by atoms with Crippen LogP contribution in [-0.2, 0) is 17.6 Å². The lowest BCUT2D eigenvalue weighted by Gasteiger charge is -2.21. The van der Waals surface area contributed by atoms with E-state index in [1.165, 1.54) is 4.88 Å². The van der Waals surface area contributed by atoms with Crippen LogP contribution < -0.4 is 14.8 Å². The third-order valence-electron chi connectivity index (χ3n) is 5.70. The first kappa shape index (κ1) is 17.6. The maximum atomic E-state index is 12.8. The zero-order valence-electron chi connectivity index (χ0n) is 15.5. The molecule has 3 aliphatic rings. The van der Waals surface area contributed by atoms with Crippen molar-refractivity contribution in [2.24, 2.45) is 5.92 Å². The Balaban J connectivity index is 1.26. The van der Waals surface area contributed by atoms with Crippen molar-refractivity contribution >= 4 is 28.8 Å². The highest BCUT2D eigenvalue weighted by Gasteiger charge is 2.29. The lowest BCUT2D eigenvalue weighted by atomic mass is 9.87. The van der Waals surface area contributed by atoms with Crippen molar-refractivity contribution in [1.29, 1.82) is 0 Å². The molecule has 1 N–H and O–H groups in total. The van der Waals surface area contributed by atoms with Gasteiger partial charge in [-0.2, -0.15) is 0 Å². The molecule has 1 aliphatic carbocycles. The van der Waals surface area contributed by atoms with Gasteiger partial charge in [0.05, 0.1) is 4.88 Å². The van der Waals surface area contributed by atoms with Crippen molar-refractivity contribution in [3.63, 3.8) is 0 Å².